The van der Waals surface area contributed by atoms with Gasteiger partial charge in [-0.05, 0) is 52.3 Å². The van der Waals surface area contributed by atoms with Gasteiger partial charge in [0.25, 0.3) is 0 Å². The number of carbonyl (C=O) groups excluding carboxylic acids is 1. The normalized spacial score (nSPS) is 13.0. The molecule has 0 aliphatic heterocycles. The van der Waals surface area contributed by atoms with Crippen LogP contribution in [0.3, 0.4) is 0 Å². The van der Waals surface area contributed by atoms with Crippen molar-refractivity contribution in [1.29, 1.82) is 0 Å². The van der Waals surface area contributed by atoms with E-state index >= 15 is 0 Å². The van der Waals surface area contributed by atoms with Gasteiger partial charge in [0.05, 0.1) is 5.69 Å². The summed E-state index contributed by atoms with van der Waals surface area (Å²) in [6.45, 7) is 8.90. The highest BCUT2D eigenvalue weighted by molar-refractivity contribution is 5.79. The molecule has 1 aromatic rings. The van der Waals surface area contributed by atoms with Crippen LogP contribution in [-0.4, -0.2) is 17.6 Å². The second-order valence-corrected chi connectivity index (χ2v) is 5.38. The molecule has 100 valence electrons. The van der Waals surface area contributed by atoms with Crippen molar-refractivity contribution in [2.75, 3.05) is 5.32 Å². The number of nitrogens with one attached hydrogen (secondary N) is 1. The number of benzene rings is 1. The highest BCUT2D eigenvalue weighted by atomic mass is 19.1. The highest BCUT2D eigenvalue weighted by Crippen LogP contribution is 2.17. The summed E-state index contributed by atoms with van der Waals surface area (Å²) < 4.78 is 18.7. The van der Waals surface area contributed by atoms with Gasteiger partial charge in [-0.15, -0.1) is 0 Å². The zero-order chi connectivity index (χ0) is 13.9. The van der Waals surface area contributed by atoms with E-state index in [1.807, 2.05) is 6.92 Å². The van der Waals surface area contributed by atoms with Crippen LogP contribution < -0.4 is 5.32 Å². The molecule has 0 aromatic heterocycles. The number of hydrogen-bond donors (Lipinski definition) is 1. The second-order valence-electron chi connectivity index (χ2n) is 5.38. The minimum absolute atomic E-state index is 0.313. The zero-order valence-electron chi connectivity index (χ0n) is 11.5. The third kappa shape index (κ3) is 4.35. The van der Waals surface area contributed by atoms with E-state index in [9.17, 15) is 9.18 Å². The molecular formula is C14H20FNO2. The average molecular weight is 253 g/mol. The average Bonchev–Trinajstić information content (AvgIpc) is 2.21. The quantitative estimate of drug-likeness (QED) is 0.840. The first-order valence-electron chi connectivity index (χ1n) is 5.94. The smallest absolute Gasteiger partial charge is 0.328 e. The van der Waals surface area contributed by atoms with E-state index in [1.54, 1.807) is 39.8 Å². The molecule has 1 N–H and O–H groups in total. The molecule has 0 aliphatic carbocycles. The molecule has 0 amide bonds. The maximum Gasteiger partial charge on any atom is 0.328 e. The minimum atomic E-state index is -0.597. The van der Waals surface area contributed by atoms with E-state index in [2.05, 4.69) is 5.32 Å². The number of carbonyl (C=O) groups is 1. The first kappa shape index (κ1) is 14.5. The van der Waals surface area contributed by atoms with Gasteiger partial charge >= 0.3 is 5.97 Å². The molecule has 0 saturated carbocycles. The fourth-order valence-electron chi connectivity index (χ4n) is 1.43. The van der Waals surface area contributed by atoms with Crippen LogP contribution in [0.15, 0.2) is 18.2 Å². The maximum atomic E-state index is 13.5. The summed E-state index contributed by atoms with van der Waals surface area (Å²) in [4.78, 5) is 11.8. The van der Waals surface area contributed by atoms with Gasteiger partial charge < -0.3 is 10.1 Å². The van der Waals surface area contributed by atoms with Crippen LogP contribution in [-0.2, 0) is 9.53 Å². The number of aryl methyl sites for hydroxylation is 1. The van der Waals surface area contributed by atoms with Crippen LogP contribution in [0.2, 0.25) is 0 Å². The maximum absolute atomic E-state index is 13.5. The number of halogens is 1. The molecule has 1 unspecified atom stereocenters. The largest absolute Gasteiger partial charge is 0.458 e. The summed E-state index contributed by atoms with van der Waals surface area (Å²) >= 11 is 0. The molecule has 0 spiro atoms. The molecule has 1 atom stereocenters. The molecule has 0 aliphatic rings. The molecule has 0 heterocycles. The number of anilines is 1. The minimum Gasteiger partial charge on any atom is -0.458 e. The lowest BCUT2D eigenvalue weighted by molar-refractivity contribution is -0.155. The fourth-order valence-corrected chi connectivity index (χ4v) is 1.43. The van der Waals surface area contributed by atoms with E-state index in [0.29, 0.717) is 5.69 Å². The Balaban J connectivity index is 2.72. The summed E-state index contributed by atoms with van der Waals surface area (Å²) in [5.41, 5.74) is 0.696. The van der Waals surface area contributed by atoms with Crippen molar-refractivity contribution in [1.82, 2.24) is 0 Å². The Morgan fingerprint density at radius 1 is 1.39 bits per heavy atom. The Hall–Kier alpha value is -1.58. The van der Waals surface area contributed by atoms with Crippen LogP contribution >= 0.6 is 0 Å². The summed E-state index contributed by atoms with van der Waals surface area (Å²) in [5.74, 6) is -0.778. The molecule has 1 aromatic carbocycles. The predicted molar refractivity (Wildman–Crippen MR) is 70.1 cm³/mol. The van der Waals surface area contributed by atoms with Gasteiger partial charge in [-0.2, -0.15) is 0 Å². The van der Waals surface area contributed by atoms with Crippen LogP contribution in [0.25, 0.3) is 0 Å². The lowest BCUT2D eigenvalue weighted by Gasteiger charge is -2.23. The van der Waals surface area contributed by atoms with Crippen molar-refractivity contribution in [3.05, 3.63) is 29.6 Å². The monoisotopic (exact) mass is 253 g/mol. The van der Waals surface area contributed by atoms with Gasteiger partial charge in [-0.3, -0.25) is 0 Å². The van der Waals surface area contributed by atoms with E-state index in [0.717, 1.165) is 5.56 Å². The molecular weight excluding hydrogens is 233 g/mol. The third-order valence-electron chi connectivity index (χ3n) is 2.25. The lowest BCUT2D eigenvalue weighted by atomic mass is 10.2. The molecule has 1 rings (SSSR count). The standard InChI is InChI=1S/C14H20FNO2/c1-9-6-7-11(15)12(8-9)16-10(2)13(17)18-14(3,4)5/h6-8,10,16H,1-5H3. The van der Waals surface area contributed by atoms with Gasteiger partial charge in [0, 0.05) is 0 Å². The van der Waals surface area contributed by atoms with Crippen molar-refractivity contribution in [2.45, 2.75) is 46.3 Å². The Morgan fingerprint density at radius 3 is 2.56 bits per heavy atom. The van der Waals surface area contributed by atoms with E-state index in [-0.39, 0.29) is 5.82 Å². The van der Waals surface area contributed by atoms with Crippen LogP contribution in [0.1, 0.15) is 33.3 Å². The first-order chi connectivity index (χ1) is 8.19. The number of hydrogen-bond acceptors (Lipinski definition) is 3. The summed E-state index contributed by atoms with van der Waals surface area (Å²) in [6, 6.07) is 4.12. The zero-order valence-corrected chi connectivity index (χ0v) is 11.5. The topological polar surface area (TPSA) is 38.3 Å². The fraction of sp³-hybridized carbons (Fsp3) is 0.500. The van der Waals surface area contributed by atoms with Crippen molar-refractivity contribution < 1.29 is 13.9 Å². The van der Waals surface area contributed by atoms with Crippen molar-refractivity contribution in [2.24, 2.45) is 0 Å². The number of esters is 1. The lowest BCUT2D eigenvalue weighted by Crippen LogP contribution is -2.34. The Bertz CT molecular complexity index is 438. The van der Waals surface area contributed by atoms with Gasteiger partial charge in [-0.1, -0.05) is 6.07 Å². The second kappa shape index (κ2) is 5.38. The molecule has 0 bridgehead atoms. The summed E-state index contributed by atoms with van der Waals surface area (Å²) in [5, 5.41) is 2.82. The van der Waals surface area contributed by atoms with Gasteiger partial charge in [0.1, 0.15) is 17.5 Å². The van der Waals surface area contributed by atoms with E-state index < -0.39 is 17.6 Å². The molecule has 4 heteroatoms. The highest BCUT2D eigenvalue weighted by Gasteiger charge is 2.22. The molecule has 18 heavy (non-hydrogen) atoms. The SMILES string of the molecule is Cc1ccc(F)c(NC(C)C(=O)OC(C)(C)C)c1. The van der Waals surface area contributed by atoms with E-state index in [4.69, 9.17) is 4.74 Å². The third-order valence-corrected chi connectivity index (χ3v) is 2.25. The summed E-state index contributed by atoms with van der Waals surface area (Å²) in [6.07, 6.45) is 0. The molecule has 0 saturated heterocycles. The molecule has 3 nitrogen and oxygen atoms in total. The van der Waals surface area contributed by atoms with Gasteiger partial charge in [0.2, 0.25) is 0 Å². The van der Waals surface area contributed by atoms with Crippen LogP contribution in [0.5, 0.6) is 0 Å². The Labute approximate surface area is 107 Å². The Kier molecular flexibility index (Phi) is 4.33. The first-order valence-corrected chi connectivity index (χ1v) is 5.94. The van der Waals surface area contributed by atoms with Crippen molar-refractivity contribution in [3.63, 3.8) is 0 Å². The number of ether oxygens (including phenoxy) is 1. The summed E-state index contributed by atoms with van der Waals surface area (Å²) in [7, 11) is 0. The number of rotatable bonds is 3. The van der Waals surface area contributed by atoms with Crippen LogP contribution in [0, 0.1) is 12.7 Å². The van der Waals surface area contributed by atoms with Crippen molar-refractivity contribution in [3.8, 4) is 0 Å². The molecule has 0 fully saturated rings. The van der Waals surface area contributed by atoms with Crippen molar-refractivity contribution >= 4 is 11.7 Å². The van der Waals surface area contributed by atoms with Gasteiger partial charge in [-0.25, -0.2) is 9.18 Å². The predicted octanol–water partition coefficient (Wildman–Crippen LogP) is 3.28. The van der Waals surface area contributed by atoms with E-state index in [1.165, 1.54) is 6.07 Å². The van der Waals surface area contributed by atoms with Gasteiger partial charge in [0.15, 0.2) is 0 Å². The molecule has 0 radical (unpaired) electrons. The van der Waals surface area contributed by atoms with Crippen LogP contribution in [0.4, 0.5) is 10.1 Å². The Morgan fingerprint density at radius 2 is 2.00 bits per heavy atom.